The SMILES string of the molecule is C#C.CC.CCCC1(CCCC(=O)OC)C(=O)CC2C(C(=O)CC3CC(=O)CC[C@@]32C)C1C. The van der Waals surface area contributed by atoms with Gasteiger partial charge in [-0.1, -0.05) is 41.0 Å². The number of ether oxygens (including phenoxy) is 1. The van der Waals surface area contributed by atoms with Crippen molar-refractivity contribution < 1.29 is 23.9 Å². The minimum absolute atomic E-state index is 0.0192. The van der Waals surface area contributed by atoms with Gasteiger partial charge in [-0.05, 0) is 48.9 Å². The Balaban J connectivity index is 0.00000129. The zero-order chi connectivity index (χ0) is 25.4. The minimum Gasteiger partial charge on any atom is -0.469 e. The number of fused-ring (bicyclic) bond motifs is 3. The number of hydrogen-bond acceptors (Lipinski definition) is 5. The number of Topliss-reactive ketones (excluding diaryl/α,β-unsaturated/α-hetero) is 3. The van der Waals surface area contributed by atoms with Crippen molar-refractivity contribution in [1.29, 1.82) is 0 Å². The molecule has 5 nitrogen and oxygen atoms in total. The van der Waals surface area contributed by atoms with Crippen LogP contribution >= 0.6 is 0 Å². The van der Waals surface area contributed by atoms with E-state index >= 15 is 0 Å². The standard InChI is InChI=1S/C24H36O5.C2H6.C2H2/c1-5-9-24(10-6-7-21(28)29-4)15(2)22-18(14-20(24)27)23(3)11-8-17(25)12-16(23)13-19(22)26;2*1-2/h15-16,18,22H,5-14H2,1-4H3;1-2H3;1-2H/t15?,16?,18?,22?,23-,24?;;/m0../s1. The summed E-state index contributed by atoms with van der Waals surface area (Å²) >= 11 is 0. The molecular weight excluding hydrogens is 416 g/mol. The summed E-state index contributed by atoms with van der Waals surface area (Å²) in [5.74, 6) is 0.551. The zero-order valence-electron chi connectivity index (χ0n) is 21.6. The summed E-state index contributed by atoms with van der Waals surface area (Å²) in [7, 11) is 1.38. The lowest BCUT2D eigenvalue weighted by molar-refractivity contribution is -0.167. The summed E-state index contributed by atoms with van der Waals surface area (Å²) in [5.41, 5.74) is -0.617. The van der Waals surface area contributed by atoms with Crippen LogP contribution in [0, 0.1) is 47.3 Å². The third-order valence-corrected chi connectivity index (χ3v) is 8.75. The van der Waals surface area contributed by atoms with Gasteiger partial charge in [0.2, 0.25) is 0 Å². The molecule has 0 aromatic rings. The quantitative estimate of drug-likeness (QED) is 0.382. The molecule has 0 amide bonds. The van der Waals surface area contributed by atoms with Crippen molar-refractivity contribution in [3.8, 4) is 12.8 Å². The van der Waals surface area contributed by atoms with Crippen LogP contribution in [0.3, 0.4) is 0 Å². The molecule has 0 spiro atoms. The van der Waals surface area contributed by atoms with Gasteiger partial charge in [0.25, 0.3) is 0 Å². The number of terminal acetylenes is 1. The fourth-order valence-electron chi connectivity index (χ4n) is 6.97. The molecule has 5 heteroatoms. The molecule has 6 atom stereocenters. The monoisotopic (exact) mass is 460 g/mol. The first-order valence-electron chi connectivity index (χ1n) is 12.7. The average molecular weight is 461 g/mol. The van der Waals surface area contributed by atoms with Crippen molar-refractivity contribution in [2.75, 3.05) is 7.11 Å². The molecule has 0 aliphatic heterocycles. The summed E-state index contributed by atoms with van der Waals surface area (Å²) < 4.78 is 4.76. The van der Waals surface area contributed by atoms with Crippen LogP contribution in [0.5, 0.6) is 0 Å². The van der Waals surface area contributed by atoms with Gasteiger partial charge in [-0.25, -0.2) is 0 Å². The average Bonchev–Trinajstić information content (AvgIpc) is 2.81. The molecule has 0 heterocycles. The second-order valence-corrected chi connectivity index (χ2v) is 10.0. The molecule has 3 rings (SSSR count). The van der Waals surface area contributed by atoms with Crippen molar-refractivity contribution in [2.24, 2.45) is 34.5 Å². The molecular formula is C28H44O5. The number of hydrogen-bond donors (Lipinski definition) is 0. The highest BCUT2D eigenvalue weighted by Crippen LogP contribution is 2.62. The van der Waals surface area contributed by atoms with Gasteiger partial charge in [-0.2, -0.15) is 0 Å². The number of rotatable bonds is 6. The second-order valence-electron chi connectivity index (χ2n) is 10.0. The van der Waals surface area contributed by atoms with Crippen molar-refractivity contribution >= 4 is 23.3 Å². The smallest absolute Gasteiger partial charge is 0.305 e. The third-order valence-electron chi connectivity index (χ3n) is 8.75. The van der Waals surface area contributed by atoms with Crippen molar-refractivity contribution in [3.63, 3.8) is 0 Å². The van der Waals surface area contributed by atoms with Crippen LogP contribution in [0.15, 0.2) is 0 Å². The van der Waals surface area contributed by atoms with Crippen molar-refractivity contribution in [3.05, 3.63) is 0 Å². The molecule has 0 saturated heterocycles. The van der Waals surface area contributed by atoms with Gasteiger partial charge in [-0.15, -0.1) is 12.8 Å². The molecule has 3 saturated carbocycles. The Labute approximate surface area is 200 Å². The number of carbonyl (C=O) groups is 4. The van der Waals surface area contributed by atoms with E-state index in [1.54, 1.807) is 0 Å². The van der Waals surface area contributed by atoms with Gasteiger partial charge in [0.1, 0.15) is 17.3 Å². The van der Waals surface area contributed by atoms with Gasteiger partial charge in [0.05, 0.1) is 7.11 Å². The fourth-order valence-corrected chi connectivity index (χ4v) is 6.97. The molecule has 0 aromatic carbocycles. The maximum Gasteiger partial charge on any atom is 0.305 e. The molecule has 0 bridgehead atoms. The Morgan fingerprint density at radius 3 is 2.30 bits per heavy atom. The van der Waals surface area contributed by atoms with Crippen LogP contribution in [-0.4, -0.2) is 30.4 Å². The van der Waals surface area contributed by atoms with E-state index in [0.29, 0.717) is 44.9 Å². The van der Waals surface area contributed by atoms with Crippen LogP contribution in [0.25, 0.3) is 0 Å². The molecule has 3 aliphatic rings. The molecule has 5 unspecified atom stereocenters. The first-order chi connectivity index (χ1) is 15.7. The fraction of sp³-hybridized carbons (Fsp3) is 0.786. The first kappa shape index (κ1) is 29.1. The molecule has 186 valence electrons. The van der Waals surface area contributed by atoms with Gasteiger partial charge in [-0.3, -0.25) is 19.2 Å². The number of methoxy groups -OCH3 is 1. The molecule has 0 radical (unpaired) electrons. The molecule has 0 N–H and O–H groups in total. The van der Waals surface area contributed by atoms with Crippen molar-refractivity contribution in [1.82, 2.24) is 0 Å². The highest BCUT2D eigenvalue weighted by Gasteiger charge is 2.62. The Kier molecular flexibility index (Phi) is 11.0. The van der Waals surface area contributed by atoms with E-state index in [9.17, 15) is 19.2 Å². The predicted molar refractivity (Wildman–Crippen MR) is 130 cm³/mol. The number of ketones is 3. The molecule has 3 aliphatic carbocycles. The first-order valence-corrected chi connectivity index (χ1v) is 12.7. The Morgan fingerprint density at radius 1 is 1.09 bits per heavy atom. The molecule has 33 heavy (non-hydrogen) atoms. The normalized spacial score (nSPS) is 35.1. The summed E-state index contributed by atoms with van der Waals surface area (Å²) in [6.07, 6.45) is 14.0. The van der Waals surface area contributed by atoms with E-state index in [0.717, 1.165) is 19.3 Å². The topological polar surface area (TPSA) is 77.5 Å². The van der Waals surface area contributed by atoms with Crippen LogP contribution in [0.1, 0.15) is 98.8 Å². The highest BCUT2D eigenvalue weighted by atomic mass is 16.5. The summed E-state index contributed by atoms with van der Waals surface area (Å²) in [6.45, 7) is 10.4. The second kappa shape index (κ2) is 12.5. The van der Waals surface area contributed by atoms with Crippen molar-refractivity contribution in [2.45, 2.75) is 98.8 Å². The van der Waals surface area contributed by atoms with Gasteiger partial charge in [0.15, 0.2) is 0 Å². The van der Waals surface area contributed by atoms with Gasteiger partial charge in [0, 0.05) is 43.4 Å². The predicted octanol–water partition coefficient (Wildman–Crippen LogP) is 5.58. The zero-order valence-corrected chi connectivity index (χ0v) is 21.6. The highest BCUT2D eigenvalue weighted by molar-refractivity contribution is 5.92. The van der Waals surface area contributed by atoms with Crippen LogP contribution in [-0.2, 0) is 23.9 Å². The van der Waals surface area contributed by atoms with E-state index in [1.165, 1.54) is 7.11 Å². The largest absolute Gasteiger partial charge is 0.469 e. The van der Waals surface area contributed by atoms with E-state index in [1.807, 2.05) is 13.8 Å². The maximum atomic E-state index is 13.6. The van der Waals surface area contributed by atoms with Crippen LogP contribution in [0.4, 0.5) is 0 Å². The lowest BCUT2D eigenvalue weighted by Crippen LogP contribution is -2.60. The van der Waals surface area contributed by atoms with Gasteiger partial charge >= 0.3 is 5.97 Å². The summed E-state index contributed by atoms with van der Waals surface area (Å²) in [4.78, 5) is 50.5. The molecule has 0 aromatic heterocycles. The van der Waals surface area contributed by atoms with E-state index < -0.39 is 5.41 Å². The minimum atomic E-state index is -0.521. The Hall–Kier alpha value is -1.96. The van der Waals surface area contributed by atoms with E-state index in [4.69, 9.17) is 4.74 Å². The van der Waals surface area contributed by atoms with E-state index in [-0.39, 0.29) is 52.4 Å². The Bertz CT molecular complexity index is 738. The van der Waals surface area contributed by atoms with Crippen LogP contribution in [0.2, 0.25) is 0 Å². The third kappa shape index (κ3) is 5.58. The van der Waals surface area contributed by atoms with Gasteiger partial charge < -0.3 is 4.74 Å². The lowest BCUT2D eigenvalue weighted by atomic mass is 9.43. The number of carbonyl (C=O) groups excluding carboxylic acids is 4. The summed E-state index contributed by atoms with van der Waals surface area (Å²) in [6, 6.07) is 0. The number of esters is 1. The Morgan fingerprint density at radius 2 is 1.73 bits per heavy atom. The molecule has 3 fully saturated rings. The summed E-state index contributed by atoms with van der Waals surface area (Å²) in [5, 5.41) is 0. The van der Waals surface area contributed by atoms with Crippen LogP contribution < -0.4 is 0 Å². The maximum absolute atomic E-state index is 13.6. The van der Waals surface area contributed by atoms with E-state index in [2.05, 4.69) is 33.6 Å². The lowest BCUT2D eigenvalue weighted by Gasteiger charge is -2.59.